The van der Waals surface area contributed by atoms with E-state index in [1.807, 2.05) is 0 Å². The van der Waals surface area contributed by atoms with E-state index < -0.39 is 0 Å². The van der Waals surface area contributed by atoms with Crippen molar-refractivity contribution >= 4 is 0 Å². The second-order valence-corrected chi connectivity index (χ2v) is 4.80. The highest BCUT2D eigenvalue weighted by Gasteiger charge is 2.54. The van der Waals surface area contributed by atoms with Gasteiger partial charge in [0.15, 0.2) is 0 Å². The first-order valence-corrected chi connectivity index (χ1v) is 4.89. The minimum Gasteiger partial charge on any atom is -0.0525 e. The van der Waals surface area contributed by atoms with Gasteiger partial charge in [-0.3, -0.25) is 0 Å². The predicted octanol–water partition coefficient (Wildman–Crippen LogP) is 2.98. The highest BCUT2D eigenvalue weighted by atomic mass is 14.6. The summed E-state index contributed by atoms with van der Waals surface area (Å²) in [5.41, 5.74) is 0.933. The fourth-order valence-corrected chi connectivity index (χ4v) is 3.93. The van der Waals surface area contributed by atoms with E-state index in [0.29, 0.717) is 0 Å². The van der Waals surface area contributed by atoms with Gasteiger partial charge in [-0.2, -0.15) is 0 Å². The van der Waals surface area contributed by atoms with Crippen LogP contribution in [0.15, 0.2) is 0 Å². The smallest absolute Gasteiger partial charge is 0.0264 e. The van der Waals surface area contributed by atoms with E-state index in [2.05, 4.69) is 0 Å². The average molecular weight is 136 g/mol. The summed E-state index contributed by atoms with van der Waals surface area (Å²) in [5.74, 6) is 2.35. The van der Waals surface area contributed by atoms with Gasteiger partial charge >= 0.3 is 0 Å². The maximum Gasteiger partial charge on any atom is -0.0264 e. The van der Waals surface area contributed by atoms with Crippen LogP contribution in [0.2, 0.25) is 0 Å². The Balaban J connectivity index is 1.91. The van der Waals surface area contributed by atoms with Gasteiger partial charge in [0.2, 0.25) is 0 Å². The molecule has 0 radical (unpaired) electrons. The van der Waals surface area contributed by atoms with Crippen LogP contribution in [0.4, 0.5) is 0 Å². The van der Waals surface area contributed by atoms with Gasteiger partial charge in [0.25, 0.3) is 0 Å². The molecule has 0 aliphatic heterocycles. The molecule has 0 nitrogen and oxygen atoms in total. The monoisotopic (exact) mass is 136 g/mol. The Morgan fingerprint density at radius 3 is 2.70 bits per heavy atom. The zero-order valence-electron chi connectivity index (χ0n) is 6.60. The number of hydrogen-bond acceptors (Lipinski definition) is 0. The third kappa shape index (κ3) is 0.500. The molecule has 0 aromatic heterocycles. The van der Waals surface area contributed by atoms with E-state index in [1.165, 1.54) is 11.8 Å². The van der Waals surface area contributed by atoms with Crippen LogP contribution in [0.25, 0.3) is 0 Å². The Kier molecular flexibility index (Phi) is 0.898. The molecule has 0 amide bonds. The predicted molar refractivity (Wildman–Crippen MR) is 41.7 cm³/mol. The molecular formula is C10H16. The van der Waals surface area contributed by atoms with Crippen molar-refractivity contribution in [2.45, 2.75) is 44.9 Å². The summed E-state index contributed by atoms with van der Waals surface area (Å²) in [6.07, 6.45) is 11.1. The molecule has 10 heavy (non-hydrogen) atoms. The number of hydrogen-bond donors (Lipinski definition) is 0. The molecular weight excluding hydrogens is 120 g/mol. The van der Waals surface area contributed by atoms with E-state index in [-0.39, 0.29) is 0 Å². The molecule has 2 bridgehead atoms. The molecule has 0 aromatic rings. The van der Waals surface area contributed by atoms with Crippen molar-refractivity contribution in [1.82, 2.24) is 0 Å². The fourth-order valence-electron chi connectivity index (χ4n) is 3.93. The van der Waals surface area contributed by atoms with Crippen LogP contribution < -0.4 is 0 Å². The lowest BCUT2D eigenvalue weighted by Gasteiger charge is -2.54. The van der Waals surface area contributed by atoms with Crippen LogP contribution in [0, 0.1) is 17.3 Å². The third-order valence-electron chi connectivity index (χ3n) is 4.41. The van der Waals surface area contributed by atoms with E-state index >= 15 is 0 Å². The van der Waals surface area contributed by atoms with Gasteiger partial charge in [0.05, 0.1) is 0 Å². The molecule has 0 N–H and O–H groups in total. The van der Waals surface area contributed by atoms with Crippen LogP contribution in [0.5, 0.6) is 0 Å². The second-order valence-electron chi connectivity index (χ2n) is 4.80. The van der Waals surface area contributed by atoms with Gasteiger partial charge in [-0.05, 0) is 49.4 Å². The van der Waals surface area contributed by atoms with Crippen molar-refractivity contribution in [3.8, 4) is 0 Å². The first-order chi connectivity index (χ1) is 4.89. The summed E-state index contributed by atoms with van der Waals surface area (Å²) in [5, 5.41) is 0. The van der Waals surface area contributed by atoms with Gasteiger partial charge in [0, 0.05) is 0 Å². The first kappa shape index (κ1) is 5.62. The van der Waals surface area contributed by atoms with Crippen molar-refractivity contribution in [2.24, 2.45) is 17.3 Å². The van der Waals surface area contributed by atoms with Crippen molar-refractivity contribution in [3.63, 3.8) is 0 Å². The molecule has 4 saturated carbocycles. The SMILES string of the molecule is C1CC2CCC3CC2(C1)C3. The minimum absolute atomic E-state index is 0.933. The quantitative estimate of drug-likeness (QED) is 0.480. The van der Waals surface area contributed by atoms with E-state index in [4.69, 9.17) is 0 Å². The van der Waals surface area contributed by atoms with Crippen LogP contribution in [0.3, 0.4) is 0 Å². The summed E-state index contributed by atoms with van der Waals surface area (Å²) in [7, 11) is 0. The maximum atomic E-state index is 1.62. The van der Waals surface area contributed by atoms with Crippen molar-refractivity contribution in [2.75, 3.05) is 0 Å². The summed E-state index contributed by atoms with van der Waals surface area (Å²) in [6.45, 7) is 0. The Morgan fingerprint density at radius 2 is 1.90 bits per heavy atom. The van der Waals surface area contributed by atoms with Gasteiger partial charge in [-0.1, -0.05) is 12.8 Å². The maximum absolute atomic E-state index is 1.62. The zero-order chi connectivity index (χ0) is 6.60. The van der Waals surface area contributed by atoms with Crippen molar-refractivity contribution < 1.29 is 0 Å². The lowest BCUT2D eigenvalue weighted by atomic mass is 9.51. The molecule has 0 heterocycles. The lowest BCUT2D eigenvalue weighted by Crippen LogP contribution is -2.44. The molecule has 4 fully saturated rings. The summed E-state index contributed by atoms with van der Waals surface area (Å²) >= 11 is 0. The van der Waals surface area contributed by atoms with Gasteiger partial charge in [-0.25, -0.2) is 0 Å². The number of rotatable bonds is 0. The van der Waals surface area contributed by atoms with Crippen LogP contribution in [-0.2, 0) is 0 Å². The normalized spacial score (nSPS) is 57.6. The van der Waals surface area contributed by atoms with E-state index in [9.17, 15) is 0 Å². The summed E-state index contributed by atoms with van der Waals surface area (Å²) in [6, 6.07) is 0. The topological polar surface area (TPSA) is 0 Å². The molecule has 1 spiro atoms. The Morgan fingerprint density at radius 1 is 1.00 bits per heavy atom. The minimum atomic E-state index is 0.933. The van der Waals surface area contributed by atoms with E-state index in [1.54, 1.807) is 44.9 Å². The molecule has 4 aliphatic rings. The Bertz CT molecular complexity index is 153. The summed E-state index contributed by atoms with van der Waals surface area (Å²) in [4.78, 5) is 0. The standard InChI is InChI=1S/C10H16/c1-2-9-4-3-8-6-10(9,5-1)7-8/h8-9H,1-7H2. The Labute approximate surface area is 63.0 Å². The molecule has 0 aromatic carbocycles. The van der Waals surface area contributed by atoms with Gasteiger partial charge in [-0.15, -0.1) is 0 Å². The lowest BCUT2D eigenvalue weighted by molar-refractivity contribution is -0.0408. The van der Waals surface area contributed by atoms with Crippen LogP contribution in [-0.4, -0.2) is 0 Å². The number of fused-ring (bicyclic) bond motifs is 1. The fraction of sp³-hybridized carbons (Fsp3) is 1.00. The highest BCUT2D eigenvalue weighted by molar-refractivity contribution is 5.05. The second kappa shape index (κ2) is 1.60. The first-order valence-electron chi connectivity index (χ1n) is 4.89. The molecule has 4 rings (SSSR count). The van der Waals surface area contributed by atoms with Gasteiger partial charge < -0.3 is 0 Å². The Hall–Kier alpha value is 0. The third-order valence-corrected chi connectivity index (χ3v) is 4.41. The molecule has 1 atom stereocenters. The average Bonchev–Trinajstić information content (AvgIpc) is 2.28. The zero-order valence-corrected chi connectivity index (χ0v) is 6.60. The largest absolute Gasteiger partial charge is 0.0525 e. The highest BCUT2D eigenvalue weighted by Crippen LogP contribution is 2.65. The molecule has 4 aliphatic carbocycles. The van der Waals surface area contributed by atoms with Gasteiger partial charge in [0.1, 0.15) is 0 Å². The molecule has 1 unspecified atom stereocenters. The van der Waals surface area contributed by atoms with Crippen molar-refractivity contribution in [1.29, 1.82) is 0 Å². The van der Waals surface area contributed by atoms with Crippen LogP contribution in [0.1, 0.15) is 44.9 Å². The van der Waals surface area contributed by atoms with Crippen molar-refractivity contribution in [3.05, 3.63) is 0 Å². The molecule has 0 saturated heterocycles. The van der Waals surface area contributed by atoms with E-state index in [0.717, 1.165) is 5.41 Å². The molecule has 0 heteroatoms. The summed E-state index contributed by atoms with van der Waals surface area (Å²) < 4.78 is 0. The van der Waals surface area contributed by atoms with Crippen LogP contribution >= 0.6 is 0 Å². The molecule has 56 valence electrons.